The van der Waals surface area contributed by atoms with Crippen LogP contribution in [0.3, 0.4) is 0 Å². The molecule has 4 aromatic rings. The van der Waals surface area contributed by atoms with Crippen LogP contribution in [0.15, 0.2) is 54.6 Å². The van der Waals surface area contributed by atoms with Crippen molar-refractivity contribution in [2.45, 2.75) is 76.3 Å². The summed E-state index contributed by atoms with van der Waals surface area (Å²) in [6.45, 7) is 4.27. The zero-order valence-corrected chi connectivity index (χ0v) is 28.3. The molecule has 48 heavy (non-hydrogen) atoms. The number of hydrogen-bond acceptors (Lipinski definition) is 6. The fraction of sp³-hybridized carbons (Fsp3) is 0.395. The van der Waals surface area contributed by atoms with Crippen molar-refractivity contribution >= 4 is 56.8 Å². The van der Waals surface area contributed by atoms with Gasteiger partial charge in [0.05, 0.1) is 27.4 Å². The average molecular weight is 667 g/mol. The van der Waals surface area contributed by atoms with E-state index in [0.29, 0.717) is 41.5 Å². The summed E-state index contributed by atoms with van der Waals surface area (Å²) >= 11 is 1.56. The predicted molar refractivity (Wildman–Crippen MR) is 191 cm³/mol. The third-order valence-electron chi connectivity index (χ3n) is 10.2. The molecular formula is C38H42N4O5S. The van der Waals surface area contributed by atoms with Gasteiger partial charge in [0.25, 0.3) is 5.91 Å². The second kappa shape index (κ2) is 13.1. The molecule has 0 saturated heterocycles. The SMILES string of the molecule is CCOc1ccc2c(c1)N(C)CCn1c-2c(C2CCCCC2)c2sc(C(=O)NC3(C(=O)Nc4ccc(/C=C/C(=O)O)cc4)CCC3)cc21. The molecule has 2 aromatic carbocycles. The van der Waals surface area contributed by atoms with E-state index < -0.39 is 11.5 Å². The number of ether oxygens (including phenoxy) is 1. The van der Waals surface area contributed by atoms with E-state index in [0.717, 1.165) is 49.7 Å². The number of carboxylic acid groups (broad SMARTS) is 1. The summed E-state index contributed by atoms with van der Waals surface area (Å²) in [6.07, 6.45) is 10.6. The summed E-state index contributed by atoms with van der Waals surface area (Å²) < 4.78 is 9.50. The smallest absolute Gasteiger partial charge is 0.328 e. The maximum atomic E-state index is 14.0. The van der Waals surface area contributed by atoms with Gasteiger partial charge in [-0.3, -0.25) is 9.59 Å². The highest BCUT2D eigenvalue weighted by atomic mass is 32.1. The van der Waals surface area contributed by atoms with Crippen molar-refractivity contribution in [2.24, 2.45) is 0 Å². The van der Waals surface area contributed by atoms with Crippen molar-refractivity contribution in [3.05, 3.63) is 70.6 Å². The number of nitrogens with one attached hydrogen (secondary N) is 2. The van der Waals surface area contributed by atoms with E-state index in [1.54, 1.807) is 35.6 Å². The maximum absolute atomic E-state index is 14.0. The van der Waals surface area contributed by atoms with E-state index in [1.165, 1.54) is 52.5 Å². The monoisotopic (exact) mass is 666 g/mol. The topological polar surface area (TPSA) is 113 Å². The quantitative estimate of drug-likeness (QED) is 0.158. The molecule has 250 valence electrons. The molecule has 2 amide bonds. The largest absolute Gasteiger partial charge is 0.494 e. The zero-order valence-electron chi connectivity index (χ0n) is 27.5. The third-order valence-corrected chi connectivity index (χ3v) is 11.4. The number of aromatic nitrogens is 1. The number of nitrogens with zero attached hydrogens (tertiary/aromatic N) is 2. The first-order valence-corrected chi connectivity index (χ1v) is 17.9. The standard InChI is InChI=1S/C38H42N4O5S/c1-3-47-27-15-16-28-29(22-27)41(2)20-21-42-30-23-31(48-35(30)33(34(28)42)25-8-5-4-6-9-25)36(45)40-38(18-7-19-38)37(46)39-26-13-10-24(11-14-26)12-17-32(43)44/h10-17,22-23,25H,3-9,18-21H2,1-2H3,(H,39,46)(H,40,45)(H,43,44)/b17-12+. The van der Waals surface area contributed by atoms with Gasteiger partial charge in [-0.25, -0.2) is 4.79 Å². The number of carboxylic acids is 1. The average Bonchev–Trinajstić information content (AvgIpc) is 3.59. The highest BCUT2D eigenvalue weighted by Crippen LogP contribution is 2.50. The van der Waals surface area contributed by atoms with Crippen molar-refractivity contribution in [3.63, 3.8) is 0 Å². The number of amides is 2. The number of carbonyl (C=O) groups excluding carboxylic acids is 2. The van der Waals surface area contributed by atoms with Crippen LogP contribution < -0.4 is 20.3 Å². The van der Waals surface area contributed by atoms with Gasteiger partial charge in [-0.15, -0.1) is 11.3 Å². The first kappa shape index (κ1) is 32.0. The van der Waals surface area contributed by atoms with Crippen LogP contribution in [0.1, 0.15) is 85.0 Å². The van der Waals surface area contributed by atoms with Crippen LogP contribution in [-0.4, -0.2) is 53.2 Å². The molecule has 2 aromatic heterocycles. The Balaban J connectivity index is 1.19. The molecule has 2 aliphatic carbocycles. The Morgan fingerprint density at radius 2 is 1.79 bits per heavy atom. The lowest BCUT2D eigenvalue weighted by Crippen LogP contribution is -2.61. The molecule has 0 bridgehead atoms. The number of fused-ring (bicyclic) bond motifs is 5. The van der Waals surface area contributed by atoms with Crippen molar-refractivity contribution in [1.82, 2.24) is 9.88 Å². The highest BCUT2D eigenvalue weighted by Gasteiger charge is 2.46. The molecule has 2 fully saturated rings. The summed E-state index contributed by atoms with van der Waals surface area (Å²) in [5.41, 5.74) is 6.46. The molecule has 9 nitrogen and oxygen atoms in total. The van der Waals surface area contributed by atoms with Crippen molar-refractivity contribution in [2.75, 3.05) is 30.4 Å². The van der Waals surface area contributed by atoms with Crippen molar-refractivity contribution < 1.29 is 24.2 Å². The minimum absolute atomic E-state index is 0.211. The number of thiophene rings is 1. The Bertz CT molecular complexity index is 1900. The van der Waals surface area contributed by atoms with Gasteiger partial charge in [-0.1, -0.05) is 31.4 Å². The second-order valence-corrected chi connectivity index (χ2v) is 14.3. The maximum Gasteiger partial charge on any atom is 0.328 e. The van der Waals surface area contributed by atoms with Gasteiger partial charge in [0.15, 0.2) is 0 Å². The van der Waals surface area contributed by atoms with E-state index in [9.17, 15) is 14.4 Å². The minimum Gasteiger partial charge on any atom is -0.494 e. The molecule has 0 unspecified atom stereocenters. The van der Waals surface area contributed by atoms with Gasteiger partial charge in [-0.05, 0) is 92.5 Å². The summed E-state index contributed by atoms with van der Waals surface area (Å²) in [5, 5.41) is 15.0. The summed E-state index contributed by atoms with van der Waals surface area (Å²) in [6, 6.07) is 15.4. The Morgan fingerprint density at radius 3 is 2.48 bits per heavy atom. The van der Waals surface area contributed by atoms with Gasteiger partial charge >= 0.3 is 5.97 Å². The van der Waals surface area contributed by atoms with Crippen LogP contribution in [0.4, 0.5) is 11.4 Å². The predicted octanol–water partition coefficient (Wildman–Crippen LogP) is 7.66. The van der Waals surface area contributed by atoms with Gasteiger partial charge in [0.1, 0.15) is 11.3 Å². The first-order valence-electron chi connectivity index (χ1n) is 17.1. The van der Waals surface area contributed by atoms with Crippen LogP contribution >= 0.6 is 11.3 Å². The molecule has 2 saturated carbocycles. The van der Waals surface area contributed by atoms with E-state index in [4.69, 9.17) is 9.84 Å². The molecule has 3 N–H and O–H groups in total. The lowest BCUT2D eigenvalue weighted by Gasteiger charge is -2.40. The Morgan fingerprint density at radius 1 is 1.02 bits per heavy atom. The Hall–Kier alpha value is -4.57. The number of carbonyl (C=O) groups is 3. The Kier molecular flexibility index (Phi) is 8.76. The molecule has 7 rings (SSSR count). The molecule has 0 atom stereocenters. The van der Waals surface area contributed by atoms with Crippen molar-refractivity contribution in [1.29, 1.82) is 0 Å². The first-order chi connectivity index (χ1) is 23.3. The molecule has 10 heteroatoms. The molecular weight excluding hydrogens is 625 g/mol. The minimum atomic E-state index is -1.02. The number of hydrogen-bond donors (Lipinski definition) is 3. The van der Waals surface area contributed by atoms with Gasteiger partial charge < -0.3 is 29.9 Å². The molecule has 3 heterocycles. The number of benzene rings is 2. The molecule has 1 aliphatic heterocycles. The number of anilines is 2. The second-order valence-electron chi connectivity index (χ2n) is 13.2. The molecule has 0 radical (unpaired) electrons. The fourth-order valence-electron chi connectivity index (χ4n) is 7.52. The van der Waals surface area contributed by atoms with E-state index >= 15 is 0 Å². The summed E-state index contributed by atoms with van der Waals surface area (Å²) in [7, 11) is 2.14. The lowest BCUT2D eigenvalue weighted by atomic mass is 9.75. The van der Waals surface area contributed by atoms with Crippen molar-refractivity contribution in [3.8, 4) is 17.0 Å². The number of likely N-dealkylation sites (N-methyl/N-ethyl adjacent to an activating group) is 1. The lowest BCUT2D eigenvalue weighted by molar-refractivity contribution is -0.131. The van der Waals surface area contributed by atoms with E-state index in [2.05, 4.69) is 45.3 Å². The van der Waals surface area contributed by atoms with Crippen LogP contribution in [0.5, 0.6) is 5.75 Å². The van der Waals surface area contributed by atoms with Crippen LogP contribution in [0.2, 0.25) is 0 Å². The van der Waals surface area contributed by atoms with E-state index in [-0.39, 0.29) is 11.8 Å². The fourth-order valence-corrected chi connectivity index (χ4v) is 8.70. The highest BCUT2D eigenvalue weighted by molar-refractivity contribution is 7.21. The van der Waals surface area contributed by atoms with Crippen LogP contribution in [0, 0.1) is 0 Å². The van der Waals surface area contributed by atoms with Gasteiger partial charge in [0, 0.05) is 49.2 Å². The van der Waals surface area contributed by atoms with E-state index in [1.807, 2.05) is 13.0 Å². The number of aliphatic carboxylic acids is 1. The van der Waals surface area contributed by atoms with Crippen LogP contribution in [0.25, 0.3) is 27.6 Å². The normalized spacial score (nSPS) is 17.3. The molecule has 0 spiro atoms. The summed E-state index contributed by atoms with van der Waals surface area (Å²) in [4.78, 5) is 41.3. The third kappa shape index (κ3) is 5.98. The zero-order chi connectivity index (χ0) is 33.4. The molecule has 3 aliphatic rings. The van der Waals surface area contributed by atoms with Gasteiger partial charge in [-0.2, -0.15) is 0 Å². The summed E-state index contributed by atoms with van der Waals surface area (Å²) in [5.74, 6) is -0.152. The van der Waals surface area contributed by atoms with Gasteiger partial charge in [0.2, 0.25) is 5.91 Å². The number of rotatable bonds is 9. The van der Waals surface area contributed by atoms with Crippen LogP contribution in [-0.2, 0) is 16.1 Å². The Labute approximate surface area is 284 Å².